The number of piperidine rings is 1. The van der Waals surface area contributed by atoms with E-state index in [0.717, 1.165) is 51.4 Å². The Balaban J connectivity index is 1.72. The van der Waals surface area contributed by atoms with E-state index < -0.39 is 0 Å². The van der Waals surface area contributed by atoms with Gasteiger partial charge in [-0.05, 0) is 44.2 Å². The summed E-state index contributed by atoms with van der Waals surface area (Å²) in [6, 6.07) is 8.28. The maximum atomic E-state index is 12.4. The standard InChI is InChI=1S/C16H23N3O2/c1-17-15-3-2-8-19(16(15)20)14-6-4-13(5-7-14)18-9-11-21-12-10-18/h4-7,15,17H,2-3,8-12H2,1H3. The Bertz CT molecular complexity index is 483. The molecule has 0 saturated carbocycles. The SMILES string of the molecule is CNC1CCCN(c2ccc(N3CCOCC3)cc2)C1=O. The number of benzene rings is 1. The smallest absolute Gasteiger partial charge is 0.244 e. The monoisotopic (exact) mass is 289 g/mol. The molecule has 2 aliphatic rings. The zero-order valence-electron chi connectivity index (χ0n) is 12.5. The molecule has 0 radical (unpaired) electrons. The Morgan fingerprint density at radius 2 is 1.76 bits per heavy atom. The van der Waals surface area contributed by atoms with Crippen LogP contribution in [0, 0.1) is 0 Å². The van der Waals surface area contributed by atoms with E-state index in [-0.39, 0.29) is 11.9 Å². The molecule has 1 N–H and O–H groups in total. The van der Waals surface area contributed by atoms with Crippen LogP contribution in [0.3, 0.4) is 0 Å². The van der Waals surface area contributed by atoms with Crippen LogP contribution in [0.25, 0.3) is 0 Å². The Kier molecular flexibility index (Phi) is 4.41. The number of anilines is 2. The van der Waals surface area contributed by atoms with Gasteiger partial charge in [0.2, 0.25) is 5.91 Å². The van der Waals surface area contributed by atoms with Crippen molar-refractivity contribution in [2.45, 2.75) is 18.9 Å². The predicted molar refractivity (Wildman–Crippen MR) is 83.9 cm³/mol. The molecular weight excluding hydrogens is 266 g/mol. The average Bonchev–Trinajstić information content (AvgIpc) is 2.56. The van der Waals surface area contributed by atoms with Crippen LogP contribution in [0.5, 0.6) is 0 Å². The summed E-state index contributed by atoms with van der Waals surface area (Å²) >= 11 is 0. The number of likely N-dealkylation sites (N-methyl/N-ethyl adjacent to an activating group) is 1. The molecule has 1 atom stereocenters. The minimum atomic E-state index is -0.0438. The van der Waals surface area contributed by atoms with E-state index >= 15 is 0 Å². The molecule has 2 fully saturated rings. The molecule has 1 aromatic rings. The van der Waals surface area contributed by atoms with Crippen molar-refractivity contribution in [2.75, 3.05) is 49.7 Å². The summed E-state index contributed by atoms with van der Waals surface area (Å²) < 4.78 is 5.38. The van der Waals surface area contributed by atoms with E-state index in [1.165, 1.54) is 5.69 Å². The second-order valence-electron chi connectivity index (χ2n) is 5.59. The summed E-state index contributed by atoms with van der Waals surface area (Å²) in [5.41, 5.74) is 2.20. The lowest BCUT2D eigenvalue weighted by atomic mass is 10.0. The zero-order valence-corrected chi connectivity index (χ0v) is 12.5. The number of hydrogen-bond donors (Lipinski definition) is 1. The van der Waals surface area contributed by atoms with Crippen molar-refractivity contribution < 1.29 is 9.53 Å². The highest BCUT2D eigenvalue weighted by atomic mass is 16.5. The molecule has 2 saturated heterocycles. The van der Waals surface area contributed by atoms with Crippen LogP contribution in [0.4, 0.5) is 11.4 Å². The quantitative estimate of drug-likeness (QED) is 0.909. The number of carbonyl (C=O) groups excluding carboxylic acids is 1. The van der Waals surface area contributed by atoms with Crippen LogP contribution in [0.2, 0.25) is 0 Å². The van der Waals surface area contributed by atoms with Gasteiger partial charge in [0.25, 0.3) is 0 Å². The summed E-state index contributed by atoms with van der Waals surface area (Å²) in [6.45, 7) is 4.26. The van der Waals surface area contributed by atoms with Crippen LogP contribution in [-0.4, -0.2) is 51.8 Å². The first-order valence-electron chi connectivity index (χ1n) is 7.71. The van der Waals surface area contributed by atoms with Gasteiger partial charge in [0.1, 0.15) is 0 Å². The summed E-state index contributed by atoms with van der Waals surface area (Å²) in [5.74, 6) is 0.183. The summed E-state index contributed by atoms with van der Waals surface area (Å²) in [4.78, 5) is 16.6. The lowest BCUT2D eigenvalue weighted by Gasteiger charge is -2.33. The summed E-state index contributed by atoms with van der Waals surface area (Å²) in [5, 5.41) is 3.10. The lowest BCUT2D eigenvalue weighted by molar-refractivity contribution is -0.121. The lowest BCUT2D eigenvalue weighted by Crippen LogP contribution is -2.49. The normalized spacial score (nSPS) is 23.5. The molecule has 0 bridgehead atoms. The second-order valence-corrected chi connectivity index (χ2v) is 5.59. The molecule has 1 aromatic carbocycles. The van der Waals surface area contributed by atoms with Crippen LogP contribution in [0.1, 0.15) is 12.8 Å². The number of amides is 1. The first-order valence-corrected chi connectivity index (χ1v) is 7.71. The molecule has 114 valence electrons. The van der Waals surface area contributed by atoms with Gasteiger partial charge in [0.15, 0.2) is 0 Å². The third-order valence-corrected chi connectivity index (χ3v) is 4.32. The predicted octanol–water partition coefficient (Wildman–Crippen LogP) is 1.24. The fraction of sp³-hybridized carbons (Fsp3) is 0.562. The molecule has 0 spiro atoms. The van der Waals surface area contributed by atoms with E-state index in [1.54, 1.807) is 0 Å². The molecule has 5 heteroatoms. The number of nitrogens with zero attached hydrogens (tertiary/aromatic N) is 2. The second kappa shape index (κ2) is 6.45. The summed E-state index contributed by atoms with van der Waals surface area (Å²) in [7, 11) is 1.85. The van der Waals surface area contributed by atoms with Crippen molar-refractivity contribution in [3.63, 3.8) is 0 Å². The fourth-order valence-corrected chi connectivity index (χ4v) is 3.06. The number of morpholine rings is 1. The largest absolute Gasteiger partial charge is 0.378 e. The van der Waals surface area contributed by atoms with Gasteiger partial charge in [-0.15, -0.1) is 0 Å². The zero-order chi connectivity index (χ0) is 14.7. The van der Waals surface area contributed by atoms with E-state index in [9.17, 15) is 4.79 Å². The first-order chi connectivity index (χ1) is 10.3. The van der Waals surface area contributed by atoms with Gasteiger partial charge < -0.3 is 19.9 Å². The molecule has 5 nitrogen and oxygen atoms in total. The Morgan fingerprint density at radius 3 is 2.43 bits per heavy atom. The molecule has 21 heavy (non-hydrogen) atoms. The van der Waals surface area contributed by atoms with Crippen molar-refractivity contribution in [2.24, 2.45) is 0 Å². The molecule has 3 rings (SSSR count). The molecule has 0 aliphatic carbocycles. The topological polar surface area (TPSA) is 44.8 Å². The van der Waals surface area contributed by atoms with Crippen molar-refractivity contribution in [1.82, 2.24) is 5.32 Å². The molecule has 0 aromatic heterocycles. The Morgan fingerprint density at radius 1 is 1.10 bits per heavy atom. The molecule has 2 heterocycles. The van der Waals surface area contributed by atoms with Gasteiger partial charge in [-0.2, -0.15) is 0 Å². The Hall–Kier alpha value is -1.59. The molecular formula is C16H23N3O2. The third-order valence-electron chi connectivity index (χ3n) is 4.32. The maximum absolute atomic E-state index is 12.4. The van der Waals surface area contributed by atoms with Crippen molar-refractivity contribution in [3.05, 3.63) is 24.3 Å². The van der Waals surface area contributed by atoms with E-state index in [4.69, 9.17) is 4.74 Å². The molecule has 1 amide bonds. The van der Waals surface area contributed by atoms with Gasteiger partial charge >= 0.3 is 0 Å². The van der Waals surface area contributed by atoms with E-state index in [2.05, 4.69) is 34.5 Å². The minimum Gasteiger partial charge on any atom is -0.378 e. The van der Waals surface area contributed by atoms with Crippen molar-refractivity contribution in [3.8, 4) is 0 Å². The maximum Gasteiger partial charge on any atom is 0.244 e. The number of hydrogen-bond acceptors (Lipinski definition) is 4. The third kappa shape index (κ3) is 3.04. The average molecular weight is 289 g/mol. The number of rotatable bonds is 3. The van der Waals surface area contributed by atoms with Gasteiger partial charge in [0.05, 0.1) is 19.3 Å². The summed E-state index contributed by atoms with van der Waals surface area (Å²) in [6.07, 6.45) is 1.97. The fourth-order valence-electron chi connectivity index (χ4n) is 3.06. The van der Waals surface area contributed by atoms with Gasteiger partial charge in [-0.1, -0.05) is 0 Å². The minimum absolute atomic E-state index is 0.0438. The van der Waals surface area contributed by atoms with Gasteiger partial charge in [-0.3, -0.25) is 4.79 Å². The van der Waals surface area contributed by atoms with Gasteiger partial charge in [0, 0.05) is 31.0 Å². The number of ether oxygens (including phenoxy) is 1. The van der Waals surface area contributed by atoms with Crippen LogP contribution >= 0.6 is 0 Å². The van der Waals surface area contributed by atoms with Gasteiger partial charge in [-0.25, -0.2) is 0 Å². The highest BCUT2D eigenvalue weighted by molar-refractivity contribution is 5.98. The molecule has 2 aliphatic heterocycles. The van der Waals surface area contributed by atoms with Crippen LogP contribution < -0.4 is 15.1 Å². The number of carbonyl (C=O) groups is 1. The number of nitrogens with one attached hydrogen (secondary N) is 1. The highest BCUT2D eigenvalue weighted by Crippen LogP contribution is 2.24. The van der Waals surface area contributed by atoms with E-state index in [0.29, 0.717) is 0 Å². The Labute approximate surface area is 125 Å². The molecule has 1 unspecified atom stereocenters. The first kappa shape index (κ1) is 14.4. The van der Waals surface area contributed by atoms with E-state index in [1.807, 2.05) is 11.9 Å². The van der Waals surface area contributed by atoms with Crippen molar-refractivity contribution >= 4 is 17.3 Å². The van der Waals surface area contributed by atoms with Crippen LogP contribution in [-0.2, 0) is 9.53 Å². The highest BCUT2D eigenvalue weighted by Gasteiger charge is 2.28. The van der Waals surface area contributed by atoms with Crippen molar-refractivity contribution in [1.29, 1.82) is 0 Å². The van der Waals surface area contributed by atoms with Crippen LogP contribution in [0.15, 0.2) is 24.3 Å².